The van der Waals surface area contributed by atoms with Crippen LogP contribution in [0.5, 0.6) is 0 Å². The summed E-state index contributed by atoms with van der Waals surface area (Å²) in [5, 5.41) is 3.09. The molecule has 2 aliphatic rings. The van der Waals surface area contributed by atoms with E-state index in [1.54, 1.807) is 0 Å². The second-order valence-electron chi connectivity index (χ2n) is 13.1. The van der Waals surface area contributed by atoms with E-state index in [4.69, 9.17) is 23.8 Å². The third kappa shape index (κ3) is 4.26. The van der Waals surface area contributed by atoms with Gasteiger partial charge in [0.05, 0.1) is 6.04 Å². The van der Waals surface area contributed by atoms with E-state index >= 15 is 0 Å². The number of fused-ring (bicyclic) bond motifs is 10. The lowest BCUT2D eigenvalue weighted by Crippen LogP contribution is -2.30. The van der Waals surface area contributed by atoms with Gasteiger partial charge < -0.3 is 13.7 Å². The number of para-hydroxylation sites is 3. The predicted octanol–water partition coefficient (Wildman–Crippen LogP) is 11.2. The van der Waals surface area contributed by atoms with Crippen LogP contribution < -0.4 is 4.90 Å². The Bertz CT molecular complexity index is 2840. The topological polar surface area (TPSA) is 68.2 Å². The molecule has 0 spiro atoms. The number of rotatable bonds is 4. The van der Waals surface area contributed by atoms with Crippen molar-refractivity contribution in [1.82, 2.24) is 15.0 Å². The first kappa shape index (κ1) is 28.1. The second kappa shape index (κ2) is 10.9. The predicted molar refractivity (Wildman–Crippen MR) is 203 cm³/mol. The minimum atomic E-state index is 0.0960. The van der Waals surface area contributed by atoms with Crippen LogP contribution in [0.25, 0.3) is 73.1 Å². The Labute approximate surface area is 293 Å². The molecule has 0 saturated heterocycles. The van der Waals surface area contributed by atoms with Crippen molar-refractivity contribution in [2.24, 2.45) is 0 Å². The molecule has 3 aromatic heterocycles. The van der Waals surface area contributed by atoms with Crippen molar-refractivity contribution in [3.05, 3.63) is 169 Å². The van der Waals surface area contributed by atoms with Gasteiger partial charge in [0.1, 0.15) is 22.5 Å². The highest BCUT2D eigenvalue weighted by atomic mass is 16.3. The van der Waals surface area contributed by atoms with Crippen molar-refractivity contribution in [3.63, 3.8) is 0 Å². The SMILES string of the molecule is C1=CC2C(c3ccccc3N2c2ccccc2)c2c1oc1ccc(-c3nc(-c4ccccc4)nc(-c4cccc5oc6ccccc6c45)n3)cc21. The molecule has 0 bridgehead atoms. The normalized spacial score (nSPS) is 16.1. The van der Waals surface area contributed by atoms with Crippen LogP contribution >= 0.6 is 0 Å². The standard InChI is InChI=1S/C45H28N4O2/c1-3-12-27(13-4-1)43-46-44(48-45(47-43)32-18-11-21-38-40(32)31-17-8-10-20-36(31)50-38)28-22-24-37-33(26-28)42-39(51-37)25-23-35-41(42)30-16-7-9-19-34(30)49(35)29-14-5-2-6-15-29/h1-26,35,41H. The zero-order valence-corrected chi connectivity index (χ0v) is 27.3. The molecule has 0 saturated carbocycles. The lowest BCUT2D eigenvalue weighted by Gasteiger charge is -2.30. The Kier molecular flexibility index (Phi) is 5.98. The monoisotopic (exact) mass is 656 g/mol. The average Bonchev–Trinajstić information content (AvgIpc) is 3.87. The Hall–Kier alpha value is -6.79. The van der Waals surface area contributed by atoms with Crippen LogP contribution in [0.15, 0.2) is 161 Å². The molecule has 0 fully saturated rings. The first-order chi connectivity index (χ1) is 25.3. The highest BCUT2D eigenvalue weighted by Gasteiger charge is 2.43. The van der Waals surface area contributed by atoms with Crippen LogP contribution in [0.3, 0.4) is 0 Å². The summed E-state index contributed by atoms with van der Waals surface area (Å²) in [7, 11) is 0. The maximum absolute atomic E-state index is 6.54. The minimum absolute atomic E-state index is 0.0960. The van der Waals surface area contributed by atoms with Gasteiger partial charge in [0.2, 0.25) is 0 Å². The van der Waals surface area contributed by atoms with Gasteiger partial charge in [-0.05, 0) is 60.2 Å². The number of anilines is 2. The van der Waals surface area contributed by atoms with Gasteiger partial charge in [-0.15, -0.1) is 0 Å². The molecular weight excluding hydrogens is 629 g/mol. The summed E-state index contributed by atoms with van der Waals surface area (Å²) in [5.74, 6) is 2.80. The highest BCUT2D eigenvalue weighted by molar-refractivity contribution is 6.11. The molecule has 51 heavy (non-hydrogen) atoms. The Morgan fingerprint density at radius 3 is 2.12 bits per heavy atom. The molecule has 240 valence electrons. The number of nitrogens with zero attached hydrogens (tertiary/aromatic N) is 4. The third-order valence-corrected chi connectivity index (χ3v) is 10.3. The van der Waals surface area contributed by atoms with Crippen molar-refractivity contribution in [3.8, 4) is 34.2 Å². The molecule has 9 aromatic rings. The number of hydrogen-bond donors (Lipinski definition) is 0. The molecule has 0 amide bonds. The molecule has 6 nitrogen and oxygen atoms in total. The van der Waals surface area contributed by atoms with Gasteiger partial charge in [-0.3, -0.25) is 0 Å². The van der Waals surface area contributed by atoms with Gasteiger partial charge in [-0.2, -0.15) is 0 Å². The first-order valence-corrected chi connectivity index (χ1v) is 17.2. The number of aromatic nitrogens is 3. The van der Waals surface area contributed by atoms with Gasteiger partial charge in [0, 0.05) is 55.7 Å². The van der Waals surface area contributed by atoms with E-state index in [9.17, 15) is 0 Å². The summed E-state index contributed by atoms with van der Waals surface area (Å²) in [6.45, 7) is 0. The Balaban J connectivity index is 1.11. The van der Waals surface area contributed by atoms with Crippen LogP contribution in [0.1, 0.15) is 22.8 Å². The summed E-state index contributed by atoms with van der Waals surface area (Å²) < 4.78 is 12.8. The molecule has 0 N–H and O–H groups in total. The molecule has 0 radical (unpaired) electrons. The molecular formula is C45H28N4O2. The summed E-state index contributed by atoms with van der Waals surface area (Å²) in [5.41, 5.74) is 10.1. The van der Waals surface area contributed by atoms with Crippen LogP contribution in [0.2, 0.25) is 0 Å². The van der Waals surface area contributed by atoms with Gasteiger partial charge >= 0.3 is 0 Å². The summed E-state index contributed by atoms with van der Waals surface area (Å²) in [4.78, 5) is 17.8. The zero-order chi connectivity index (χ0) is 33.5. The molecule has 6 aromatic carbocycles. The number of benzene rings is 6. The van der Waals surface area contributed by atoms with Crippen molar-refractivity contribution < 1.29 is 8.83 Å². The minimum Gasteiger partial charge on any atom is -0.456 e. The fourth-order valence-corrected chi connectivity index (χ4v) is 8.09. The van der Waals surface area contributed by atoms with E-state index in [0.29, 0.717) is 17.5 Å². The van der Waals surface area contributed by atoms with Gasteiger partial charge in [0.25, 0.3) is 0 Å². The fraction of sp³-hybridized carbons (Fsp3) is 0.0444. The van der Waals surface area contributed by atoms with Crippen molar-refractivity contribution in [1.29, 1.82) is 0 Å². The first-order valence-electron chi connectivity index (χ1n) is 17.2. The van der Waals surface area contributed by atoms with Crippen LogP contribution in [-0.2, 0) is 0 Å². The molecule has 2 unspecified atom stereocenters. The van der Waals surface area contributed by atoms with Crippen LogP contribution in [0.4, 0.5) is 11.4 Å². The Morgan fingerprint density at radius 2 is 1.24 bits per heavy atom. The van der Waals surface area contributed by atoms with E-state index in [1.165, 1.54) is 22.5 Å². The maximum atomic E-state index is 6.54. The summed E-state index contributed by atoms with van der Waals surface area (Å²) >= 11 is 0. The van der Waals surface area contributed by atoms with E-state index in [2.05, 4.69) is 102 Å². The van der Waals surface area contributed by atoms with Crippen LogP contribution in [0, 0.1) is 0 Å². The smallest absolute Gasteiger partial charge is 0.164 e. The average molecular weight is 657 g/mol. The van der Waals surface area contributed by atoms with Gasteiger partial charge in [-0.25, -0.2) is 15.0 Å². The van der Waals surface area contributed by atoms with Gasteiger partial charge in [-0.1, -0.05) is 103 Å². The lowest BCUT2D eigenvalue weighted by molar-refractivity contribution is 0.584. The molecule has 1 aliphatic heterocycles. The molecule has 4 heterocycles. The molecule has 2 atom stereocenters. The quantitative estimate of drug-likeness (QED) is 0.188. The van der Waals surface area contributed by atoms with E-state index in [-0.39, 0.29) is 12.0 Å². The molecule has 11 rings (SSSR count). The largest absolute Gasteiger partial charge is 0.456 e. The second-order valence-corrected chi connectivity index (χ2v) is 13.1. The highest BCUT2D eigenvalue weighted by Crippen LogP contribution is 2.53. The van der Waals surface area contributed by atoms with Crippen molar-refractivity contribution in [2.75, 3.05) is 4.90 Å². The Morgan fingerprint density at radius 1 is 0.529 bits per heavy atom. The summed E-state index contributed by atoms with van der Waals surface area (Å²) in [6.07, 6.45) is 4.43. The molecule has 1 aliphatic carbocycles. The van der Waals surface area contributed by atoms with Crippen molar-refractivity contribution >= 4 is 50.4 Å². The van der Waals surface area contributed by atoms with E-state index in [1.807, 2.05) is 60.7 Å². The van der Waals surface area contributed by atoms with E-state index in [0.717, 1.165) is 55.4 Å². The third-order valence-electron chi connectivity index (χ3n) is 10.3. The van der Waals surface area contributed by atoms with E-state index < -0.39 is 0 Å². The van der Waals surface area contributed by atoms with Crippen LogP contribution in [-0.4, -0.2) is 21.0 Å². The number of hydrogen-bond acceptors (Lipinski definition) is 6. The lowest BCUT2D eigenvalue weighted by atomic mass is 9.82. The van der Waals surface area contributed by atoms with Gasteiger partial charge in [0.15, 0.2) is 17.5 Å². The maximum Gasteiger partial charge on any atom is 0.164 e. The summed E-state index contributed by atoms with van der Waals surface area (Å²) in [6, 6.07) is 50.1. The number of furan rings is 2. The molecule has 6 heteroatoms. The zero-order valence-electron chi connectivity index (χ0n) is 27.3. The van der Waals surface area contributed by atoms with Crippen molar-refractivity contribution in [2.45, 2.75) is 12.0 Å². The fourth-order valence-electron chi connectivity index (χ4n) is 8.09.